The second-order valence-electron chi connectivity index (χ2n) is 17.0. The van der Waals surface area contributed by atoms with Gasteiger partial charge in [-0.3, -0.25) is 0 Å². The van der Waals surface area contributed by atoms with E-state index in [0.29, 0.717) is 17.5 Å². The lowest BCUT2D eigenvalue weighted by molar-refractivity contribution is 0.768. The van der Waals surface area contributed by atoms with Gasteiger partial charge in [-0.05, 0) is 78.5 Å². The number of fused-ring (bicyclic) bond motifs is 7. The van der Waals surface area contributed by atoms with Gasteiger partial charge in [0.2, 0.25) is 0 Å². The van der Waals surface area contributed by atoms with Gasteiger partial charge < -0.3 is 0 Å². The Bertz CT molecular complexity index is 3820. The molecule has 0 fully saturated rings. The van der Waals surface area contributed by atoms with Crippen molar-refractivity contribution in [2.45, 2.75) is 5.41 Å². The average Bonchev–Trinajstić information content (AvgIpc) is 3.94. The van der Waals surface area contributed by atoms with Crippen LogP contribution < -0.4 is 0 Å². The molecule has 0 spiro atoms. The number of rotatable bonds is 7. The summed E-state index contributed by atoms with van der Waals surface area (Å²) in [4.78, 5) is 16.0. The van der Waals surface area contributed by atoms with Crippen molar-refractivity contribution in [2.75, 3.05) is 0 Å². The summed E-state index contributed by atoms with van der Waals surface area (Å²) in [5.74, 6) is 1.91. The van der Waals surface area contributed by atoms with Crippen LogP contribution in [-0.4, -0.2) is 15.0 Å². The predicted octanol–water partition coefficient (Wildman–Crippen LogP) is 16.1. The quantitative estimate of drug-likeness (QED) is 0.160. The average molecular weight is 858 g/mol. The minimum atomic E-state index is -0.639. The van der Waals surface area contributed by atoms with Gasteiger partial charge in [0, 0.05) is 36.9 Å². The molecule has 2 aromatic heterocycles. The highest BCUT2D eigenvalue weighted by atomic mass is 32.1. The topological polar surface area (TPSA) is 38.7 Å². The van der Waals surface area contributed by atoms with E-state index >= 15 is 0 Å². The van der Waals surface area contributed by atoms with Crippen molar-refractivity contribution in [3.8, 4) is 67.5 Å². The summed E-state index contributed by atoms with van der Waals surface area (Å²) in [5, 5.41) is 4.83. The molecule has 4 heteroatoms. The maximum Gasteiger partial charge on any atom is 0.164 e. The van der Waals surface area contributed by atoms with Crippen molar-refractivity contribution in [3.63, 3.8) is 0 Å². The fourth-order valence-corrected chi connectivity index (χ4v) is 11.9. The van der Waals surface area contributed by atoms with Gasteiger partial charge >= 0.3 is 0 Å². The molecule has 3 nitrogen and oxygen atoms in total. The molecule has 2 heterocycles. The van der Waals surface area contributed by atoms with E-state index in [2.05, 4.69) is 218 Å². The maximum atomic E-state index is 5.43. The van der Waals surface area contributed by atoms with Crippen LogP contribution in [0.4, 0.5) is 0 Å². The van der Waals surface area contributed by atoms with Gasteiger partial charge in [-0.15, -0.1) is 11.3 Å². The number of benzene rings is 10. The Kier molecular flexibility index (Phi) is 8.93. The number of thiophene rings is 1. The standard InChI is InChI=1S/C62H39N3S/c1-4-19-41(20-5-1)47-31-16-34-51-57-52(35-18-38-55(57)66-58(47)51)61-64-59(42-22-6-2-7-23-42)63-60(65-61)43-25-14-28-45(39-43)62(44-26-8-3-9-27-44)53-36-13-12-30-50(53)56-49(33-17-37-54(56)62)48-32-15-24-40-21-10-11-29-46(40)48/h1-39H. The Labute approximate surface area is 387 Å². The normalized spacial score (nSPS) is 14.1. The van der Waals surface area contributed by atoms with Crippen molar-refractivity contribution in [1.82, 2.24) is 15.0 Å². The summed E-state index contributed by atoms with van der Waals surface area (Å²) in [7, 11) is 0. The van der Waals surface area contributed by atoms with Gasteiger partial charge in [0.15, 0.2) is 17.5 Å². The van der Waals surface area contributed by atoms with Crippen molar-refractivity contribution in [1.29, 1.82) is 0 Å². The zero-order valence-corrected chi connectivity index (χ0v) is 36.6. The second kappa shape index (κ2) is 15.4. The molecule has 13 rings (SSSR count). The number of hydrogen-bond donors (Lipinski definition) is 0. The first-order chi connectivity index (χ1) is 32.7. The lowest BCUT2D eigenvalue weighted by Gasteiger charge is -2.34. The van der Waals surface area contributed by atoms with Gasteiger partial charge in [-0.2, -0.15) is 0 Å². The van der Waals surface area contributed by atoms with Crippen LogP contribution in [0, 0.1) is 0 Å². The summed E-state index contributed by atoms with van der Waals surface area (Å²) in [6.07, 6.45) is 0. The van der Waals surface area contributed by atoms with Gasteiger partial charge in [-0.1, -0.05) is 224 Å². The fourth-order valence-electron chi connectivity index (χ4n) is 10.6. The highest BCUT2D eigenvalue weighted by molar-refractivity contribution is 7.26. The Balaban J connectivity index is 1.04. The van der Waals surface area contributed by atoms with Gasteiger partial charge in [-0.25, -0.2) is 15.0 Å². The minimum absolute atomic E-state index is 0.626. The third kappa shape index (κ3) is 5.92. The minimum Gasteiger partial charge on any atom is -0.208 e. The molecular weight excluding hydrogens is 819 g/mol. The Morgan fingerprint density at radius 3 is 1.71 bits per heavy atom. The van der Waals surface area contributed by atoms with Crippen LogP contribution in [0.5, 0.6) is 0 Å². The van der Waals surface area contributed by atoms with Crippen molar-refractivity contribution < 1.29 is 0 Å². The summed E-state index contributed by atoms with van der Waals surface area (Å²) in [6, 6.07) is 85.3. The van der Waals surface area contributed by atoms with E-state index in [9.17, 15) is 0 Å². The molecule has 0 saturated heterocycles. The van der Waals surface area contributed by atoms with Crippen molar-refractivity contribution >= 4 is 42.3 Å². The summed E-state index contributed by atoms with van der Waals surface area (Å²) in [5.41, 5.74) is 14.5. The van der Waals surface area contributed by atoms with E-state index in [0.717, 1.165) is 27.6 Å². The van der Waals surface area contributed by atoms with Gasteiger partial charge in [0.25, 0.3) is 0 Å². The van der Waals surface area contributed by atoms with Crippen molar-refractivity contribution in [3.05, 3.63) is 259 Å². The molecule has 0 amide bonds. The van der Waals surface area contributed by atoms with E-state index in [1.165, 1.54) is 75.6 Å². The molecule has 10 aromatic carbocycles. The van der Waals surface area contributed by atoms with Crippen LogP contribution in [-0.2, 0) is 5.41 Å². The van der Waals surface area contributed by atoms with E-state index in [1.807, 2.05) is 29.5 Å². The predicted molar refractivity (Wildman–Crippen MR) is 275 cm³/mol. The SMILES string of the molecule is c1ccc(-c2nc(-c3cccc(C4(c5ccccc5)c5ccccc5-c5c(-c6cccc7ccccc67)cccc54)c3)nc(-c3cccc4sc5c(-c6ccccc6)cccc5c34)n2)cc1. The fraction of sp³-hybridized carbons (Fsp3) is 0.0161. The summed E-state index contributed by atoms with van der Waals surface area (Å²) in [6.45, 7) is 0. The molecule has 0 bridgehead atoms. The molecule has 1 aliphatic rings. The first-order valence-corrected chi connectivity index (χ1v) is 23.3. The summed E-state index contributed by atoms with van der Waals surface area (Å²) < 4.78 is 2.45. The lowest BCUT2D eigenvalue weighted by Crippen LogP contribution is -2.28. The van der Waals surface area contributed by atoms with E-state index in [-0.39, 0.29) is 0 Å². The van der Waals surface area contributed by atoms with Crippen LogP contribution in [0.25, 0.3) is 98.5 Å². The third-order valence-electron chi connectivity index (χ3n) is 13.4. The molecule has 1 aliphatic carbocycles. The zero-order chi connectivity index (χ0) is 43.6. The van der Waals surface area contributed by atoms with Crippen LogP contribution in [0.1, 0.15) is 22.3 Å². The van der Waals surface area contributed by atoms with Gasteiger partial charge in [0.1, 0.15) is 0 Å². The van der Waals surface area contributed by atoms with Crippen LogP contribution in [0.2, 0.25) is 0 Å². The van der Waals surface area contributed by atoms with E-state index in [1.54, 1.807) is 0 Å². The highest BCUT2D eigenvalue weighted by Crippen LogP contribution is 2.59. The highest BCUT2D eigenvalue weighted by Gasteiger charge is 2.47. The summed E-state index contributed by atoms with van der Waals surface area (Å²) >= 11 is 1.82. The number of nitrogens with zero attached hydrogens (tertiary/aromatic N) is 3. The van der Waals surface area contributed by atoms with E-state index < -0.39 is 5.41 Å². The monoisotopic (exact) mass is 857 g/mol. The van der Waals surface area contributed by atoms with Crippen LogP contribution in [0.15, 0.2) is 237 Å². The number of aromatic nitrogens is 3. The largest absolute Gasteiger partial charge is 0.208 e. The van der Waals surface area contributed by atoms with Crippen LogP contribution >= 0.6 is 11.3 Å². The van der Waals surface area contributed by atoms with Crippen LogP contribution in [0.3, 0.4) is 0 Å². The lowest BCUT2D eigenvalue weighted by atomic mass is 9.67. The third-order valence-corrected chi connectivity index (χ3v) is 14.6. The van der Waals surface area contributed by atoms with E-state index in [4.69, 9.17) is 15.0 Å². The first-order valence-electron chi connectivity index (χ1n) is 22.4. The van der Waals surface area contributed by atoms with Crippen molar-refractivity contribution in [2.24, 2.45) is 0 Å². The molecule has 1 unspecified atom stereocenters. The van der Waals surface area contributed by atoms with Gasteiger partial charge in [0.05, 0.1) is 5.41 Å². The Morgan fingerprint density at radius 2 is 0.864 bits per heavy atom. The number of hydrogen-bond acceptors (Lipinski definition) is 4. The molecule has 1 atom stereocenters. The molecule has 0 radical (unpaired) electrons. The maximum absolute atomic E-state index is 5.43. The first kappa shape index (κ1) is 38.2. The Morgan fingerprint density at radius 1 is 0.333 bits per heavy atom. The second-order valence-corrected chi connectivity index (χ2v) is 18.1. The molecule has 66 heavy (non-hydrogen) atoms. The smallest absolute Gasteiger partial charge is 0.164 e. The molecular formula is C62H39N3S. The molecule has 308 valence electrons. The zero-order valence-electron chi connectivity index (χ0n) is 35.8. The molecule has 0 aliphatic heterocycles. The Hall–Kier alpha value is -8.31. The molecule has 12 aromatic rings. The molecule has 0 N–H and O–H groups in total. The molecule has 0 saturated carbocycles.